The molecule has 7 nitrogen and oxygen atoms in total. The van der Waals surface area contributed by atoms with Gasteiger partial charge in [-0.25, -0.2) is 8.42 Å². The Hall–Kier alpha value is -3.13. The van der Waals surface area contributed by atoms with Crippen molar-refractivity contribution in [3.8, 4) is 0 Å². The molecule has 0 bridgehead atoms. The van der Waals surface area contributed by atoms with E-state index in [9.17, 15) is 18.0 Å². The lowest BCUT2D eigenvalue weighted by Gasteiger charge is -2.20. The zero-order valence-corrected chi connectivity index (χ0v) is 19.0. The number of hydrogen-bond donors (Lipinski definition) is 2. The predicted molar refractivity (Wildman–Crippen MR) is 123 cm³/mol. The lowest BCUT2D eigenvalue weighted by molar-refractivity contribution is 0.0952. The summed E-state index contributed by atoms with van der Waals surface area (Å²) in [5, 5.41) is 2.87. The molecule has 1 amide bonds. The molecular formula is C23H27N3O4S. The van der Waals surface area contributed by atoms with Crippen LogP contribution in [0.15, 0.2) is 52.3 Å². The molecule has 8 heteroatoms. The van der Waals surface area contributed by atoms with E-state index in [1.807, 2.05) is 26.8 Å². The van der Waals surface area contributed by atoms with Gasteiger partial charge in [0, 0.05) is 30.7 Å². The van der Waals surface area contributed by atoms with E-state index >= 15 is 0 Å². The van der Waals surface area contributed by atoms with E-state index in [4.69, 9.17) is 0 Å². The summed E-state index contributed by atoms with van der Waals surface area (Å²) < 4.78 is 27.6. The minimum atomic E-state index is -3.90. The molecule has 164 valence electrons. The highest BCUT2D eigenvalue weighted by atomic mass is 32.2. The highest BCUT2D eigenvalue weighted by molar-refractivity contribution is 7.92. The molecule has 3 aromatic rings. The van der Waals surface area contributed by atoms with Gasteiger partial charge in [-0.05, 0) is 61.7 Å². The van der Waals surface area contributed by atoms with Crippen molar-refractivity contribution >= 4 is 32.5 Å². The summed E-state index contributed by atoms with van der Waals surface area (Å²) >= 11 is 0. The lowest BCUT2D eigenvalue weighted by Crippen LogP contribution is -2.30. The maximum absolute atomic E-state index is 13.2. The number of carbonyl (C=O) groups is 1. The Labute approximate surface area is 182 Å². The number of aromatic amines is 1. The van der Waals surface area contributed by atoms with Gasteiger partial charge in [0.2, 0.25) is 5.43 Å². The van der Waals surface area contributed by atoms with Crippen LogP contribution < -0.4 is 15.1 Å². The summed E-state index contributed by atoms with van der Waals surface area (Å²) in [6, 6.07) is 9.73. The fraction of sp³-hybridized carbons (Fsp3) is 0.304. The molecule has 0 aliphatic carbocycles. The number of benzene rings is 2. The predicted octanol–water partition coefficient (Wildman–Crippen LogP) is 3.50. The number of aromatic nitrogens is 1. The van der Waals surface area contributed by atoms with Crippen LogP contribution in [0.3, 0.4) is 0 Å². The Bertz CT molecular complexity index is 1300. The Morgan fingerprint density at radius 3 is 2.52 bits per heavy atom. The quantitative estimate of drug-likeness (QED) is 0.548. The molecule has 2 N–H and O–H groups in total. The molecule has 0 aliphatic rings. The number of carbonyl (C=O) groups excluding carboxylic acids is 1. The molecule has 0 radical (unpaired) electrons. The van der Waals surface area contributed by atoms with Gasteiger partial charge >= 0.3 is 0 Å². The molecule has 0 spiro atoms. The average Bonchev–Trinajstić information content (AvgIpc) is 2.75. The molecule has 0 unspecified atom stereocenters. The molecule has 1 heterocycles. The zero-order valence-electron chi connectivity index (χ0n) is 18.2. The SMILES string of the molecule is CCCCNC(=O)c1c[nH]c2ccc(S(=O)(=O)N(C)c3ccc(C)c(C)c3)cc2c1=O. The van der Waals surface area contributed by atoms with Crippen LogP contribution in [0.5, 0.6) is 0 Å². The van der Waals surface area contributed by atoms with E-state index in [0.717, 1.165) is 24.0 Å². The van der Waals surface area contributed by atoms with Crippen LogP contribution in [0.25, 0.3) is 10.9 Å². The van der Waals surface area contributed by atoms with Crippen LogP contribution in [0.1, 0.15) is 41.3 Å². The summed E-state index contributed by atoms with van der Waals surface area (Å²) in [7, 11) is -2.42. The molecule has 0 saturated heterocycles. The first-order valence-corrected chi connectivity index (χ1v) is 11.6. The van der Waals surface area contributed by atoms with Gasteiger partial charge in [0.25, 0.3) is 15.9 Å². The number of nitrogens with zero attached hydrogens (tertiary/aromatic N) is 1. The minimum Gasteiger partial charge on any atom is -0.360 e. The first-order chi connectivity index (χ1) is 14.7. The maximum Gasteiger partial charge on any atom is 0.264 e. The number of sulfonamides is 1. The van der Waals surface area contributed by atoms with Crippen LogP contribution in [0, 0.1) is 13.8 Å². The Balaban J connectivity index is 2.02. The van der Waals surface area contributed by atoms with E-state index in [1.54, 1.807) is 12.1 Å². The number of aryl methyl sites for hydroxylation is 2. The minimum absolute atomic E-state index is 0.0187. The van der Waals surface area contributed by atoms with Gasteiger partial charge in [0.1, 0.15) is 5.56 Å². The topological polar surface area (TPSA) is 99.3 Å². The second-order valence-corrected chi connectivity index (χ2v) is 9.56. The van der Waals surface area contributed by atoms with Crippen LogP contribution in [0.2, 0.25) is 0 Å². The summed E-state index contributed by atoms with van der Waals surface area (Å²) in [5.41, 5.74) is 2.49. The van der Waals surface area contributed by atoms with Crippen molar-refractivity contribution in [2.45, 2.75) is 38.5 Å². The smallest absolute Gasteiger partial charge is 0.264 e. The standard InChI is InChI=1S/C23H27N3O4S/c1-5-6-11-24-23(28)20-14-25-21-10-9-18(13-19(21)22(20)27)31(29,30)26(4)17-8-7-15(2)16(3)12-17/h7-10,12-14H,5-6,11H2,1-4H3,(H,24,28)(H,25,27). The fourth-order valence-corrected chi connectivity index (χ4v) is 4.43. The number of hydrogen-bond acceptors (Lipinski definition) is 4. The summed E-state index contributed by atoms with van der Waals surface area (Å²) in [6.07, 6.45) is 3.09. The second-order valence-electron chi connectivity index (χ2n) is 7.59. The van der Waals surface area contributed by atoms with Gasteiger partial charge in [-0.3, -0.25) is 13.9 Å². The van der Waals surface area contributed by atoms with E-state index in [2.05, 4.69) is 10.3 Å². The molecule has 0 atom stereocenters. The molecule has 31 heavy (non-hydrogen) atoms. The van der Waals surface area contributed by atoms with Gasteiger partial charge in [0.05, 0.1) is 10.6 Å². The average molecular weight is 442 g/mol. The third kappa shape index (κ3) is 4.49. The molecule has 1 aromatic heterocycles. The second kappa shape index (κ2) is 8.93. The molecular weight excluding hydrogens is 414 g/mol. The number of pyridine rings is 1. The number of nitrogens with one attached hydrogen (secondary N) is 2. The first kappa shape index (κ1) is 22.6. The third-order valence-corrected chi connectivity index (χ3v) is 7.21. The van der Waals surface area contributed by atoms with Gasteiger partial charge < -0.3 is 10.3 Å². The van der Waals surface area contributed by atoms with Crippen molar-refractivity contribution in [2.24, 2.45) is 0 Å². The molecule has 3 rings (SSSR count). The Morgan fingerprint density at radius 1 is 1.10 bits per heavy atom. The van der Waals surface area contributed by atoms with Crippen molar-refractivity contribution in [1.29, 1.82) is 0 Å². The number of rotatable bonds is 7. The van der Waals surface area contributed by atoms with Crippen LogP contribution in [-0.2, 0) is 10.0 Å². The largest absolute Gasteiger partial charge is 0.360 e. The number of anilines is 1. The highest BCUT2D eigenvalue weighted by Gasteiger charge is 2.23. The third-order valence-electron chi connectivity index (χ3n) is 5.43. The van der Waals surface area contributed by atoms with Gasteiger partial charge in [-0.1, -0.05) is 19.4 Å². The van der Waals surface area contributed by atoms with Crippen molar-refractivity contribution in [1.82, 2.24) is 10.3 Å². The van der Waals surface area contributed by atoms with E-state index < -0.39 is 21.4 Å². The number of amides is 1. The number of fused-ring (bicyclic) bond motifs is 1. The summed E-state index contributed by atoms with van der Waals surface area (Å²) in [5.74, 6) is -0.475. The first-order valence-electron chi connectivity index (χ1n) is 10.2. The molecule has 0 aliphatic heterocycles. The van der Waals surface area contributed by atoms with E-state index in [-0.39, 0.29) is 15.8 Å². The fourth-order valence-electron chi connectivity index (χ4n) is 3.22. The van der Waals surface area contributed by atoms with Crippen LogP contribution in [-0.4, -0.2) is 32.9 Å². The lowest BCUT2D eigenvalue weighted by atomic mass is 10.1. The van der Waals surface area contributed by atoms with Crippen molar-refractivity contribution < 1.29 is 13.2 Å². The van der Waals surface area contributed by atoms with Crippen molar-refractivity contribution in [3.05, 3.63) is 69.5 Å². The molecule has 0 fully saturated rings. The van der Waals surface area contributed by atoms with Crippen molar-refractivity contribution in [2.75, 3.05) is 17.9 Å². The van der Waals surface area contributed by atoms with Crippen LogP contribution >= 0.6 is 0 Å². The maximum atomic E-state index is 13.2. The summed E-state index contributed by atoms with van der Waals surface area (Å²) in [4.78, 5) is 28.2. The Morgan fingerprint density at radius 2 is 1.84 bits per heavy atom. The number of H-pyrrole nitrogens is 1. The summed E-state index contributed by atoms with van der Waals surface area (Å²) in [6.45, 7) is 6.36. The Kier molecular flexibility index (Phi) is 6.50. The monoisotopic (exact) mass is 441 g/mol. The van der Waals surface area contributed by atoms with Crippen molar-refractivity contribution in [3.63, 3.8) is 0 Å². The number of unbranched alkanes of at least 4 members (excludes halogenated alkanes) is 1. The zero-order chi connectivity index (χ0) is 22.8. The van der Waals surface area contributed by atoms with Crippen LogP contribution in [0.4, 0.5) is 5.69 Å². The van der Waals surface area contributed by atoms with E-state index in [1.165, 1.54) is 35.7 Å². The van der Waals surface area contributed by atoms with Gasteiger partial charge in [-0.2, -0.15) is 0 Å². The van der Waals surface area contributed by atoms with E-state index in [0.29, 0.717) is 17.7 Å². The van der Waals surface area contributed by atoms with Gasteiger partial charge in [0.15, 0.2) is 0 Å². The highest BCUT2D eigenvalue weighted by Crippen LogP contribution is 2.25. The normalized spacial score (nSPS) is 11.5. The molecule has 2 aromatic carbocycles. The van der Waals surface area contributed by atoms with Gasteiger partial charge in [-0.15, -0.1) is 0 Å². The molecule has 0 saturated carbocycles.